The van der Waals surface area contributed by atoms with Crippen molar-refractivity contribution in [2.45, 2.75) is 71.8 Å². The van der Waals surface area contributed by atoms with Gasteiger partial charge in [-0.3, -0.25) is 48.9 Å². The number of hydrogen-bond donors (Lipinski definition) is 3. The van der Waals surface area contributed by atoms with Crippen LogP contribution < -0.4 is 68.1 Å². The molecule has 1 unspecified atom stereocenters. The number of aromatic nitrogens is 16. The molecular weight excluding hydrogens is 1790 g/mol. The number of alkyl halides is 2. The minimum Gasteiger partial charge on any atom is -0.497 e. The van der Waals surface area contributed by atoms with Crippen molar-refractivity contribution in [3.05, 3.63) is 232 Å². The van der Waals surface area contributed by atoms with Crippen LogP contribution in [0.5, 0.6) is 46.0 Å². The number of piperidine rings is 1. The van der Waals surface area contributed by atoms with E-state index in [-0.39, 0.29) is 19.0 Å². The van der Waals surface area contributed by atoms with Gasteiger partial charge < -0.3 is 73.0 Å². The zero-order chi connectivity index (χ0) is 99.2. The van der Waals surface area contributed by atoms with E-state index >= 15 is 0 Å². The van der Waals surface area contributed by atoms with E-state index in [2.05, 4.69) is 126 Å². The Labute approximate surface area is 816 Å². The first kappa shape index (κ1) is 99.2. The molecule has 36 heteroatoms. The molecule has 34 nitrogen and oxygen atoms in total. The minimum absolute atomic E-state index is 0.0266. The summed E-state index contributed by atoms with van der Waals surface area (Å²) in [7, 11) is 18.7. The van der Waals surface area contributed by atoms with Crippen LogP contribution in [0.25, 0.3) is 89.2 Å². The van der Waals surface area contributed by atoms with Gasteiger partial charge in [-0.2, -0.15) is 34.4 Å². The molecule has 141 heavy (non-hydrogen) atoms. The highest BCUT2D eigenvalue weighted by atomic mass is 19.3. The van der Waals surface area contributed by atoms with Crippen LogP contribution in [0.4, 0.5) is 54.3 Å². The summed E-state index contributed by atoms with van der Waals surface area (Å²) in [6, 6.07) is 49.9. The Morgan fingerprint density at radius 3 is 1.18 bits per heavy atom. The van der Waals surface area contributed by atoms with Crippen LogP contribution in [0, 0.1) is 17.2 Å². The maximum absolute atomic E-state index is 13.4. The van der Waals surface area contributed by atoms with E-state index in [1.165, 1.54) is 14.2 Å². The van der Waals surface area contributed by atoms with Crippen LogP contribution in [-0.4, -0.2) is 224 Å². The van der Waals surface area contributed by atoms with E-state index in [0.29, 0.717) is 59.1 Å². The van der Waals surface area contributed by atoms with Crippen molar-refractivity contribution >= 4 is 101 Å². The van der Waals surface area contributed by atoms with E-state index in [9.17, 15) is 18.8 Å². The third-order valence-electron chi connectivity index (χ3n) is 23.7. The van der Waals surface area contributed by atoms with Crippen LogP contribution in [0.2, 0.25) is 0 Å². The number of allylic oxidation sites excluding steroid dienone is 1. The van der Waals surface area contributed by atoms with E-state index in [1.807, 2.05) is 155 Å². The van der Waals surface area contributed by atoms with Gasteiger partial charge in [0, 0.05) is 244 Å². The van der Waals surface area contributed by atoms with E-state index in [0.717, 1.165) is 224 Å². The number of carbonyl (C=O) groups excluding carboxylic acids is 1. The summed E-state index contributed by atoms with van der Waals surface area (Å²) >= 11 is 0. The van der Waals surface area contributed by atoms with E-state index in [1.54, 1.807) is 131 Å². The van der Waals surface area contributed by atoms with Crippen LogP contribution in [-0.2, 0) is 25.9 Å². The first-order chi connectivity index (χ1) is 68.3. The monoisotopic (exact) mass is 1910 g/mol. The Kier molecular flexibility index (Phi) is 32.5. The highest BCUT2D eigenvalue weighted by molar-refractivity contribution is 5.90. The largest absolute Gasteiger partial charge is 0.497 e. The molecular formula is C105H115F2N25O9. The van der Waals surface area contributed by atoms with Gasteiger partial charge in [-0.05, 0) is 125 Å². The molecule has 0 radical (unpaired) electrons. The van der Waals surface area contributed by atoms with Gasteiger partial charge in [-0.25, -0.2) is 19.9 Å². The van der Waals surface area contributed by atoms with Gasteiger partial charge in [0.1, 0.15) is 46.0 Å². The molecule has 0 bridgehead atoms. The standard InChI is InChI=1S/C29H33N7O2.C26H32N6O2.C25H26F2N6O3.C25H24N6O2/c1-34-20-22(17-32-34)29-18-31-27-8-7-23(14-28(27)33-29)36(24-12-25(37-2)15-26(13-24)38-3)11-5-10-35-9-4-6-21(16-30)19-35;1-18(2)27-9-6-10-32(21-11-22(33-4)14-23(12-21)34-5)20-7-8-24-25(13-20)30-26(16-28-24)19-15-29-31(3)17-19;1-25(26,27)24(34)28-7-8-33(18-9-19(35-3)12-20(10-18)36-4)17-5-6-21-22(11-17)31-23(14-29-21)16-13-30-32(2)15-16;1-16-4-5-18(29-16)15-31(20-8-21(32-2)11-22(9-20)33-3)19-6-7-23-24(10-19)30-25(14-26-23)17-12-27-28-13-17/h7-8,12-15,17-18,20-21H,4-6,9-11,19H2,1-3H3;7-8,11-18,27H,6,9-10H2,1-5H3;5-6,9-15H,7-8H2,1-4H3,(H,28,34);5-14H,4,15H2,1-3H3,(H,27,28). The number of methoxy groups -OCH3 is 8. The molecule has 10 heterocycles. The number of rotatable bonds is 35. The van der Waals surface area contributed by atoms with Gasteiger partial charge in [0.05, 0.1) is 198 Å². The highest BCUT2D eigenvalue weighted by Crippen LogP contribution is 2.41. The number of halogens is 2. The number of hydrogen-bond acceptors (Lipinski definition) is 29. The first-order valence-corrected chi connectivity index (χ1v) is 46.1. The summed E-state index contributed by atoms with van der Waals surface area (Å²) in [6.07, 6.45) is 28.6. The lowest BCUT2D eigenvalue weighted by Crippen LogP contribution is -2.41. The molecule has 0 aliphatic carbocycles. The molecule has 8 aromatic carbocycles. The molecule has 18 rings (SSSR count). The van der Waals surface area contributed by atoms with Crippen molar-refractivity contribution in [2.24, 2.45) is 32.1 Å². The van der Waals surface area contributed by atoms with Gasteiger partial charge in [0.25, 0.3) is 5.91 Å². The molecule has 1 atom stereocenters. The number of likely N-dealkylation sites (tertiary alicyclic amines) is 1. The van der Waals surface area contributed by atoms with Crippen LogP contribution >= 0.6 is 0 Å². The third kappa shape index (κ3) is 25.6. The lowest BCUT2D eigenvalue weighted by atomic mass is 9.99. The zero-order valence-electron chi connectivity index (χ0n) is 81.7. The SMILES string of the molecule is COc1cc(OC)cc(N(CC2=CCC(C)=N2)c2ccc3ncc(-c4cn[nH]c4)nc3c2)c1.COc1cc(OC)cc(N(CCCN2CCCC(C#N)C2)c2ccc3ncc(-c4cnn(C)c4)nc3c2)c1.COc1cc(OC)cc(N(CCCNC(C)C)c2ccc3ncc(-c4cnn(C)c4)nc3c2)c1.COc1cc(OC)cc(N(CCNC(=O)C(C)(F)F)c2ccc3ncc(-c4cnn(C)c4)nc3c2)c1. The molecule has 8 aromatic heterocycles. The van der Waals surface area contributed by atoms with Gasteiger partial charge >= 0.3 is 5.92 Å². The number of nitriles is 1. The number of aliphatic imine (C=N–C) groups is 1. The fourth-order valence-electron chi connectivity index (χ4n) is 16.4. The smallest absolute Gasteiger partial charge is 0.321 e. The Hall–Kier alpha value is -16.3. The van der Waals surface area contributed by atoms with Crippen molar-refractivity contribution in [1.29, 1.82) is 5.26 Å². The van der Waals surface area contributed by atoms with E-state index in [4.69, 9.17) is 62.8 Å². The number of carbonyl (C=O) groups is 1. The van der Waals surface area contributed by atoms with Crippen molar-refractivity contribution in [3.63, 3.8) is 0 Å². The predicted molar refractivity (Wildman–Crippen MR) is 545 cm³/mol. The van der Waals surface area contributed by atoms with Crippen molar-refractivity contribution in [2.75, 3.05) is 135 Å². The Balaban J connectivity index is 0.000000142. The number of fused-ring (bicyclic) bond motifs is 4. The van der Waals surface area contributed by atoms with Crippen molar-refractivity contribution in [3.8, 4) is 97.1 Å². The van der Waals surface area contributed by atoms with Crippen molar-refractivity contribution < 1.29 is 51.5 Å². The molecule has 2 aliphatic heterocycles. The quantitative estimate of drug-likeness (QED) is 0.0311. The van der Waals surface area contributed by atoms with Crippen LogP contribution in [0.15, 0.2) is 237 Å². The second kappa shape index (κ2) is 46.2. The molecule has 0 spiro atoms. The minimum atomic E-state index is -3.47. The van der Waals surface area contributed by atoms with Crippen LogP contribution in [0.1, 0.15) is 59.8 Å². The molecule has 2 aliphatic rings. The fraction of sp³-hybridized carbons (Fsp3) is 0.305. The normalized spacial score (nSPS) is 12.9. The second-order valence-corrected chi connectivity index (χ2v) is 34.2. The topological polar surface area (TPSA) is 353 Å². The summed E-state index contributed by atoms with van der Waals surface area (Å²) in [5.74, 6) is 0.842. The summed E-state index contributed by atoms with van der Waals surface area (Å²) in [6.45, 7) is 13.1. The zero-order valence-corrected chi connectivity index (χ0v) is 81.7. The Morgan fingerprint density at radius 2 is 0.844 bits per heavy atom. The lowest BCUT2D eigenvalue weighted by molar-refractivity contribution is -0.142. The van der Waals surface area contributed by atoms with Crippen LogP contribution in [0.3, 0.4) is 0 Å². The summed E-state index contributed by atoms with van der Waals surface area (Å²) < 4.78 is 76.0. The average Bonchev–Trinajstić information content (AvgIpc) is 1.79. The summed E-state index contributed by atoms with van der Waals surface area (Å²) in [5.41, 5.74) is 22.3. The predicted octanol–water partition coefficient (Wildman–Crippen LogP) is 18.3. The average molecular weight is 1910 g/mol. The fourth-order valence-corrected chi connectivity index (χ4v) is 16.4. The molecule has 0 saturated carbocycles. The number of anilines is 8. The Bertz CT molecular complexity index is 7030. The molecule has 1 fully saturated rings. The lowest BCUT2D eigenvalue weighted by Gasteiger charge is -2.31. The summed E-state index contributed by atoms with van der Waals surface area (Å²) in [5, 5.41) is 34.7. The number of ether oxygens (including phenoxy) is 8. The number of aryl methyl sites for hydroxylation is 3. The number of amides is 1. The van der Waals surface area contributed by atoms with E-state index < -0.39 is 11.8 Å². The molecule has 1 amide bonds. The number of benzene rings is 8. The second-order valence-electron chi connectivity index (χ2n) is 34.2. The van der Waals surface area contributed by atoms with Gasteiger partial charge in [0.2, 0.25) is 0 Å². The summed E-state index contributed by atoms with van der Waals surface area (Å²) in [4.78, 5) is 65.1. The molecule has 16 aromatic rings. The third-order valence-corrected chi connectivity index (χ3v) is 23.7. The van der Waals surface area contributed by atoms with Gasteiger partial charge in [-0.15, -0.1) is 0 Å². The number of nitrogens with one attached hydrogen (secondary N) is 3. The Morgan fingerprint density at radius 1 is 0.475 bits per heavy atom. The number of nitrogens with zero attached hydrogens (tertiary/aromatic N) is 22. The molecule has 3 N–H and O–H groups in total. The highest BCUT2D eigenvalue weighted by Gasteiger charge is 2.32. The van der Waals surface area contributed by atoms with Gasteiger partial charge in [0.15, 0.2) is 0 Å². The molecule has 728 valence electrons. The molecule has 1 saturated heterocycles. The number of aromatic amines is 1. The first-order valence-electron chi connectivity index (χ1n) is 46.1. The van der Waals surface area contributed by atoms with Gasteiger partial charge in [-0.1, -0.05) is 19.9 Å². The number of H-pyrrole nitrogens is 1. The van der Waals surface area contributed by atoms with Crippen molar-refractivity contribution in [1.82, 2.24) is 94.9 Å². The maximum atomic E-state index is 13.4. The maximum Gasteiger partial charge on any atom is 0.321 e.